The van der Waals surface area contributed by atoms with Crippen LogP contribution in [0.25, 0.3) is 22.2 Å². The van der Waals surface area contributed by atoms with Gasteiger partial charge in [-0.15, -0.1) is 0 Å². The fourth-order valence-electron chi connectivity index (χ4n) is 2.81. The maximum atomic E-state index is 5.85. The van der Waals surface area contributed by atoms with E-state index in [1.54, 1.807) is 6.92 Å². The van der Waals surface area contributed by atoms with Crippen molar-refractivity contribution in [3.05, 3.63) is 36.4 Å². The van der Waals surface area contributed by atoms with Gasteiger partial charge in [-0.05, 0) is 30.4 Å². The predicted molar refractivity (Wildman–Crippen MR) is 84.4 cm³/mol. The molecular weight excluding hydrogens is 278 g/mol. The zero-order chi connectivity index (χ0) is 15.1. The summed E-state index contributed by atoms with van der Waals surface area (Å²) in [5.41, 5.74) is 6.77. The molecule has 1 fully saturated rings. The largest absolute Gasteiger partial charge is 0.367 e. The van der Waals surface area contributed by atoms with Crippen molar-refractivity contribution in [2.24, 2.45) is 5.73 Å². The molecule has 6 heteroatoms. The van der Waals surface area contributed by atoms with Crippen LogP contribution in [0.3, 0.4) is 0 Å². The number of hydrogen-bond acceptors (Lipinski definition) is 6. The Hall–Kier alpha value is -2.47. The molecule has 3 aromatic rings. The van der Waals surface area contributed by atoms with E-state index in [0.717, 1.165) is 35.0 Å². The molecule has 0 unspecified atom stereocenters. The Morgan fingerprint density at radius 1 is 1.27 bits per heavy atom. The zero-order valence-corrected chi connectivity index (χ0v) is 12.3. The van der Waals surface area contributed by atoms with Gasteiger partial charge in [-0.3, -0.25) is 0 Å². The van der Waals surface area contributed by atoms with E-state index in [2.05, 4.69) is 26.5 Å². The lowest BCUT2D eigenvalue weighted by Gasteiger charge is -2.33. The maximum absolute atomic E-state index is 5.85. The summed E-state index contributed by atoms with van der Waals surface area (Å²) >= 11 is 0. The van der Waals surface area contributed by atoms with Crippen LogP contribution in [0.15, 0.2) is 35.0 Å². The van der Waals surface area contributed by atoms with E-state index in [1.807, 2.05) is 24.4 Å². The molecule has 112 valence electrons. The Kier molecular flexibility index (Phi) is 3.04. The molecule has 1 aliphatic rings. The number of aryl methyl sites for hydroxylation is 1. The molecule has 2 aromatic heterocycles. The lowest BCUT2D eigenvalue weighted by Crippen LogP contribution is -2.44. The Morgan fingerprint density at radius 3 is 2.86 bits per heavy atom. The Morgan fingerprint density at radius 2 is 2.14 bits per heavy atom. The molecule has 1 saturated carbocycles. The summed E-state index contributed by atoms with van der Waals surface area (Å²) in [6.45, 7) is 1.78. The van der Waals surface area contributed by atoms with E-state index < -0.39 is 0 Å². The smallest absolute Gasteiger partial charge is 0.223 e. The van der Waals surface area contributed by atoms with Gasteiger partial charge in [0.15, 0.2) is 0 Å². The minimum atomic E-state index is 0.311. The van der Waals surface area contributed by atoms with Crippen molar-refractivity contribution >= 4 is 16.6 Å². The minimum Gasteiger partial charge on any atom is -0.367 e. The summed E-state index contributed by atoms with van der Waals surface area (Å²) < 4.78 is 5.06. The third-order valence-corrected chi connectivity index (χ3v) is 4.07. The highest BCUT2D eigenvalue weighted by Gasteiger charge is 2.26. The van der Waals surface area contributed by atoms with Gasteiger partial charge < -0.3 is 15.6 Å². The van der Waals surface area contributed by atoms with Crippen LogP contribution in [-0.2, 0) is 0 Å². The van der Waals surface area contributed by atoms with Crippen LogP contribution >= 0.6 is 0 Å². The Labute approximate surface area is 127 Å². The second kappa shape index (κ2) is 5.06. The predicted octanol–water partition coefficient (Wildman–Crippen LogP) is 2.49. The van der Waals surface area contributed by atoms with E-state index >= 15 is 0 Å². The first-order chi connectivity index (χ1) is 10.7. The van der Waals surface area contributed by atoms with Crippen LogP contribution in [0.5, 0.6) is 0 Å². The van der Waals surface area contributed by atoms with Crippen LogP contribution in [0.1, 0.15) is 18.7 Å². The molecule has 0 aliphatic heterocycles. The monoisotopic (exact) mass is 295 g/mol. The standard InChI is InChI=1S/C16H17N5O/c1-9-19-15(21-22-9)11-3-2-10-4-5-18-16(14(10)6-11)20-13-7-12(17)8-13/h2-6,12-13H,7-8,17H2,1H3,(H,18,20). The molecule has 0 radical (unpaired) electrons. The van der Waals surface area contributed by atoms with E-state index in [-0.39, 0.29) is 0 Å². The lowest BCUT2D eigenvalue weighted by atomic mass is 9.87. The first kappa shape index (κ1) is 13.2. The van der Waals surface area contributed by atoms with Gasteiger partial charge in [0.25, 0.3) is 0 Å². The molecule has 0 atom stereocenters. The van der Waals surface area contributed by atoms with Crippen molar-refractivity contribution in [3.63, 3.8) is 0 Å². The van der Waals surface area contributed by atoms with Gasteiger partial charge in [-0.2, -0.15) is 4.98 Å². The van der Waals surface area contributed by atoms with E-state index in [4.69, 9.17) is 10.3 Å². The van der Waals surface area contributed by atoms with Crippen molar-refractivity contribution in [1.82, 2.24) is 15.1 Å². The van der Waals surface area contributed by atoms with Gasteiger partial charge in [-0.1, -0.05) is 17.3 Å². The molecule has 0 bridgehead atoms. The molecular formula is C16H17N5O. The quantitative estimate of drug-likeness (QED) is 0.771. The number of aromatic nitrogens is 3. The second-order valence-corrected chi connectivity index (χ2v) is 5.81. The van der Waals surface area contributed by atoms with Crippen molar-refractivity contribution in [2.75, 3.05) is 5.32 Å². The molecule has 1 aliphatic carbocycles. The summed E-state index contributed by atoms with van der Waals surface area (Å²) in [5.74, 6) is 2.04. The summed E-state index contributed by atoms with van der Waals surface area (Å²) in [7, 11) is 0. The maximum Gasteiger partial charge on any atom is 0.223 e. The molecule has 1 aromatic carbocycles. The summed E-state index contributed by atoms with van der Waals surface area (Å²) in [4.78, 5) is 8.76. The number of rotatable bonds is 3. The third-order valence-electron chi connectivity index (χ3n) is 4.07. The van der Waals surface area contributed by atoms with Crippen LogP contribution in [-0.4, -0.2) is 27.2 Å². The average Bonchev–Trinajstić information content (AvgIpc) is 2.92. The van der Waals surface area contributed by atoms with Crippen LogP contribution in [0.2, 0.25) is 0 Å². The average molecular weight is 295 g/mol. The van der Waals surface area contributed by atoms with Gasteiger partial charge in [-0.25, -0.2) is 4.98 Å². The van der Waals surface area contributed by atoms with Crippen molar-refractivity contribution in [2.45, 2.75) is 31.8 Å². The van der Waals surface area contributed by atoms with Gasteiger partial charge >= 0.3 is 0 Å². The number of hydrogen-bond donors (Lipinski definition) is 2. The first-order valence-corrected chi connectivity index (χ1v) is 7.40. The molecule has 4 rings (SSSR count). The SMILES string of the molecule is Cc1nc(-c2ccc3ccnc(NC4CC(N)C4)c3c2)no1. The van der Waals surface area contributed by atoms with Gasteiger partial charge in [0.2, 0.25) is 11.7 Å². The second-order valence-electron chi connectivity index (χ2n) is 5.81. The first-order valence-electron chi connectivity index (χ1n) is 7.40. The number of fused-ring (bicyclic) bond motifs is 1. The number of pyridine rings is 1. The number of nitrogens with zero attached hydrogens (tertiary/aromatic N) is 3. The van der Waals surface area contributed by atoms with Crippen LogP contribution in [0.4, 0.5) is 5.82 Å². The third kappa shape index (κ3) is 2.31. The van der Waals surface area contributed by atoms with Gasteiger partial charge in [0.05, 0.1) is 0 Å². The highest BCUT2D eigenvalue weighted by atomic mass is 16.5. The van der Waals surface area contributed by atoms with E-state index in [9.17, 15) is 0 Å². The fourth-order valence-corrected chi connectivity index (χ4v) is 2.81. The Balaban J connectivity index is 1.73. The highest BCUT2D eigenvalue weighted by molar-refractivity contribution is 5.94. The number of anilines is 1. The molecule has 22 heavy (non-hydrogen) atoms. The molecule has 3 N–H and O–H groups in total. The fraction of sp³-hybridized carbons (Fsp3) is 0.312. The number of nitrogens with one attached hydrogen (secondary N) is 1. The molecule has 0 spiro atoms. The molecule has 6 nitrogen and oxygen atoms in total. The van der Waals surface area contributed by atoms with Crippen LogP contribution < -0.4 is 11.1 Å². The van der Waals surface area contributed by atoms with Gasteiger partial charge in [0, 0.05) is 36.2 Å². The van der Waals surface area contributed by atoms with Crippen molar-refractivity contribution < 1.29 is 4.52 Å². The van der Waals surface area contributed by atoms with Crippen molar-refractivity contribution in [3.8, 4) is 11.4 Å². The summed E-state index contributed by atoms with van der Waals surface area (Å²) in [5, 5.41) is 9.65. The molecule has 0 saturated heterocycles. The highest BCUT2D eigenvalue weighted by Crippen LogP contribution is 2.29. The number of nitrogens with two attached hydrogens (primary N) is 1. The van der Waals surface area contributed by atoms with Crippen molar-refractivity contribution in [1.29, 1.82) is 0 Å². The Bertz CT molecular complexity index is 822. The van der Waals surface area contributed by atoms with Crippen LogP contribution in [0, 0.1) is 6.92 Å². The van der Waals surface area contributed by atoms with E-state index in [1.165, 1.54) is 0 Å². The normalized spacial score (nSPS) is 20.8. The zero-order valence-electron chi connectivity index (χ0n) is 12.3. The summed E-state index contributed by atoms with van der Waals surface area (Å²) in [6.07, 6.45) is 3.80. The minimum absolute atomic E-state index is 0.311. The molecule has 0 amide bonds. The summed E-state index contributed by atoms with van der Waals surface area (Å²) in [6, 6.07) is 8.81. The lowest BCUT2D eigenvalue weighted by molar-refractivity contribution is 0.373. The topological polar surface area (TPSA) is 89.9 Å². The molecule has 2 heterocycles. The van der Waals surface area contributed by atoms with E-state index in [0.29, 0.717) is 23.8 Å². The number of benzene rings is 1. The van der Waals surface area contributed by atoms with Gasteiger partial charge in [0.1, 0.15) is 5.82 Å².